The number of thioether (sulfide) groups is 1. The summed E-state index contributed by atoms with van der Waals surface area (Å²) in [6.45, 7) is 3.56. The van der Waals surface area contributed by atoms with E-state index in [9.17, 15) is 9.59 Å². The van der Waals surface area contributed by atoms with Gasteiger partial charge in [0.2, 0.25) is 0 Å². The lowest BCUT2D eigenvalue weighted by molar-refractivity contribution is -0.142. The van der Waals surface area contributed by atoms with Crippen LogP contribution in [0.5, 0.6) is 5.75 Å². The second-order valence-corrected chi connectivity index (χ2v) is 9.42. The van der Waals surface area contributed by atoms with Gasteiger partial charge in [0.05, 0.1) is 20.8 Å². The van der Waals surface area contributed by atoms with Crippen molar-refractivity contribution >= 4 is 69.7 Å². The molecule has 0 aliphatic carbocycles. The van der Waals surface area contributed by atoms with Crippen molar-refractivity contribution in [1.82, 2.24) is 10.4 Å². The summed E-state index contributed by atoms with van der Waals surface area (Å²) in [5.74, 6) is -0.0906. The zero-order valence-corrected chi connectivity index (χ0v) is 18.2. The van der Waals surface area contributed by atoms with Crippen molar-refractivity contribution < 1.29 is 14.3 Å². The molecular formula is C17H15Cl3N2O3S2. The predicted octanol–water partition coefficient (Wildman–Crippen LogP) is 5.09. The summed E-state index contributed by atoms with van der Waals surface area (Å²) in [5, 5.41) is 1.90. The molecule has 2 unspecified atom stereocenters. The summed E-state index contributed by atoms with van der Waals surface area (Å²) < 4.78 is 5.60. The molecule has 27 heavy (non-hydrogen) atoms. The van der Waals surface area contributed by atoms with Crippen molar-refractivity contribution in [2.24, 2.45) is 0 Å². The number of carbonyl (C=O) groups is 2. The molecule has 2 heterocycles. The molecule has 0 radical (unpaired) electrons. The maximum Gasteiger partial charge on any atom is 0.279 e. The number of benzene rings is 1. The summed E-state index contributed by atoms with van der Waals surface area (Å²) >= 11 is 21.0. The van der Waals surface area contributed by atoms with Crippen LogP contribution in [-0.2, 0) is 9.59 Å². The molecule has 10 heteroatoms. The van der Waals surface area contributed by atoms with E-state index < -0.39 is 12.0 Å². The van der Waals surface area contributed by atoms with Gasteiger partial charge in [0, 0.05) is 15.8 Å². The molecule has 1 aromatic carbocycles. The first-order valence-corrected chi connectivity index (χ1v) is 10.9. The van der Waals surface area contributed by atoms with Gasteiger partial charge in [0.1, 0.15) is 11.1 Å². The van der Waals surface area contributed by atoms with Crippen LogP contribution in [0.25, 0.3) is 0 Å². The van der Waals surface area contributed by atoms with Crippen LogP contribution in [-0.4, -0.2) is 28.7 Å². The van der Waals surface area contributed by atoms with Gasteiger partial charge in [-0.3, -0.25) is 15.0 Å². The summed E-state index contributed by atoms with van der Waals surface area (Å²) in [6, 6.07) is 6.84. The number of ether oxygens (including phenoxy) is 1. The lowest BCUT2D eigenvalue weighted by Crippen LogP contribution is -2.49. The summed E-state index contributed by atoms with van der Waals surface area (Å²) in [7, 11) is 0. The second kappa shape index (κ2) is 8.49. The molecule has 3 rings (SSSR count). The van der Waals surface area contributed by atoms with E-state index in [-0.39, 0.29) is 27.1 Å². The normalized spacial score (nSPS) is 17.9. The number of hydrazine groups is 1. The van der Waals surface area contributed by atoms with Gasteiger partial charge < -0.3 is 4.74 Å². The number of carbonyl (C=O) groups excluding carboxylic acids is 2. The summed E-state index contributed by atoms with van der Waals surface area (Å²) in [5.41, 5.74) is 2.66. The van der Waals surface area contributed by atoms with Gasteiger partial charge in [-0.2, -0.15) is 0 Å². The molecule has 144 valence electrons. The van der Waals surface area contributed by atoms with Gasteiger partial charge in [-0.25, -0.2) is 5.01 Å². The molecule has 1 N–H and O–H groups in total. The maximum atomic E-state index is 12.6. The van der Waals surface area contributed by atoms with E-state index in [1.54, 1.807) is 18.3 Å². The Labute approximate surface area is 179 Å². The smallest absolute Gasteiger partial charge is 0.279 e. The van der Waals surface area contributed by atoms with E-state index in [1.807, 2.05) is 19.1 Å². The molecule has 2 amide bonds. The van der Waals surface area contributed by atoms with Crippen LogP contribution in [0, 0.1) is 6.92 Å². The molecule has 0 saturated carbocycles. The third kappa shape index (κ3) is 4.66. The minimum atomic E-state index is -0.899. The molecule has 5 nitrogen and oxygen atoms in total. The van der Waals surface area contributed by atoms with E-state index in [0.29, 0.717) is 10.8 Å². The monoisotopic (exact) mass is 464 g/mol. The fourth-order valence-corrected chi connectivity index (χ4v) is 5.17. The number of halogens is 3. The standard InChI is InChI=1S/C17H15Cl3N2O3S2/c1-8-3-4-14(27-8)17-22(15(23)7-26-17)21-16(24)9(2)25-13-6-11(19)10(18)5-12(13)20/h3-6,9,17H,7H2,1-2H3,(H,21,24). The first kappa shape index (κ1) is 20.6. The Balaban J connectivity index is 1.70. The molecule has 1 saturated heterocycles. The molecule has 1 fully saturated rings. The zero-order valence-electron chi connectivity index (χ0n) is 14.3. The topological polar surface area (TPSA) is 58.6 Å². The van der Waals surface area contributed by atoms with Crippen LogP contribution in [0.3, 0.4) is 0 Å². The third-order valence-corrected chi connectivity index (χ3v) is 7.16. The van der Waals surface area contributed by atoms with E-state index in [1.165, 1.54) is 28.9 Å². The third-order valence-electron chi connectivity index (χ3n) is 3.75. The van der Waals surface area contributed by atoms with Gasteiger partial charge >= 0.3 is 0 Å². The van der Waals surface area contributed by atoms with Crippen LogP contribution < -0.4 is 10.2 Å². The molecule has 2 aromatic rings. The lowest BCUT2D eigenvalue weighted by atomic mass is 10.3. The summed E-state index contributed by atoms with van der Waals surface area (Å²) in [4.78, 5) is 26.9. The highest BCUT2D eigenvalue weighted by molar-refractivity contribution is 8.00. The molecule has 1 aliphatic rings. The number of hydrogen-bond acceptors (Lipinski definition) is 5. The Kier molecular flexibility index (Phi) is 6.48. The van der Waals surface area contributed by atoms with Gasteiger partial charge in [0.15, 0.2) is 6.10 Å². The average Bonchev–Trinajstić information content (AvgIpc) is 3.19. The van der Waals surface area contributed by atoms with Crippen molar-refractivity contribution in [2.75, 3.05) is 5.75 Å². The molecule has 2 atom stereocenters. The zero-order chi connectivity index (χ0) is 19.7. The predicted molar refractivity (Wildman–Crippen MR) is 111 cm³/mol. The minimum Gasteiger partial charge on any atom is -0.479 e. The Morgan fingerprint density at radius 3 is 2.63 bits per heavy atom. The number of hydrogen-bond donors (Lipinski definition) is 1. The quantitative estimate of drug-likeness (QED) is 0.625. The second-order valence-electron chi connectivity index (χ2n) is 5.81. The first-order valence-electron chi connectivity index (χ1n) is 7.88. The van der Waals surface area contributed by atoms with Gasteiger partial charge in [-0.05, 0) is 32.0 Å². The molecule has 1 aromatic heterocycles. The van der Waals surface area contributed by atoms with Crippen molar-refractivity contribution in [3.05, 3.63) is 49.1 Å². The van der Waals surface area contributed by atoms with Crippen LogP contribution in [0.15, 0.2) is 24.3 Å². The highest BCUT2D eigenvalue weighted by Crippen LogP contribution is 2.40. The van der Waals surface area contributed by atoms with Crippen molar-refractivity contribution in [1.29, 1.82) is 0 Å². The van der Waals surface area contributed by atoms with Crippen molar-refractivity contribution in [3.63, 3.8) is 0 Å². The van der Waals surface area contributed by atoms with Crippen LogP contribution in [0.1, 0.15) is 22.1 Å². The lowest BCUT2D eigenvalue weighted by Gasteiger charge is -2.25. The first-order chi connectivity index (χ1) is 12.8. The van der Waals surface area contributed by atoms with Crippen molar-refractivity contribution in [3.8, 4) is 5.75 Å². The number of nitrogens with one attached hydrogen (secondary N) is 1. The fraction of sp³-hybridized carbons (Fsp3) is 0.294. The Bertz CT molecular complexity index is 890. The molecule has 0 bridgehead atoms. The number of amides is 2. The van der Waals surface area contributed by atoms with Crippen molar-refractivity contribution in [2.45, 2.75) is 25.3 Å². The van der Waals surface area contributed by atoms with E-state index in [2.05, 4.69) is 5.43 Å². The Hall–Kier alpha value is -1.12. The van der Waals surface area contributed by atoms with E-state index >= 15 is 0 Å². The molecule has 0 spiro atoms. The van der Waals surface area contributed by atoms with E-state index in [0.717, 1.165) is 9.75 Å². The molecular weight excluding hydrogens is 451 g/mol. The summed E-state index contributed by atoms with van der Waals surface area (Å²) in [6.07, 6.45) is -0.899. The van der Waals surface area contributed by atoms with Gasteiger partial charge in [-0.15, -0.1) is 23.1 Å². The number of aryl methyl sites for hydroxylation is 1. The number of rotatable bonds is 5. The highest BCUT2D eigenvalue weighted by atomic mass is 35.5. The van der Waals surface area contributed by atoms with Crippen LogP contribution >= 0.6 is 57.9 Å². The fourth-order valence-electron chi connectivity index (χ4n) is 2.39. The Morgan fingerprint density at radius 1 is 1.26 bits per heavy atom. The number of nitrogens with zero attached hydrogens (tertiary/aromatic N) is 1. The largest absolute Gasteiger partial charge is 0.479 e. The van der Waals surface area contributed by atoms with Gasteiger partial charge in [0.25, 0.3) is 11.8 Å². The number of thiophene rings is 1. The highest BCUT2D eigenvalue weighted by Gasteiger charge is 2.36. The van der Waals surface area contributed by atoms with Gasteiger partial charge in [-0.1, -0.05) is 34.8 Å². The average molecular weight is 466 g/mol. The Morgan fingerprint density at radius 2 is 1.96 bits per heavy atom. The maximum absolute atomic E-state index is 12.6. The SMILES string of the molecule is Cc1ccc(C2SCC(=O)N2NC(=O)C(C)Oc2cc(Cl)c(Cl)cc2Cl)s1. The van der Waals surface area contributed by atoms with Crippen LogP contribution in [0.4, 0.5) is 0 Å². The van der Waals surface area contributed by atoms with E-state index in [4.69, 9.17) is 39.5 Å². The van der Waals surface area contributed by atoms with Crippen LogP contribution in [0.2, 0.25) is 15.1 Å². The minimum absolute atomic E-state index is 0.163. The molecule has 1 aliphatic heterocycles.